The summed E-state index contributed by atoms with van der Waals surface area (Å²) in [5.74, 6) is -1.21. The van der Waals surface area contributed by atoms with E-state index in [0.29, 0.717) is 18.8 Å². The van der Waals surface area contributed by atoms with Gasteiger partial charge in [0.15, 0.2) is 0 Å². The van der Waals surface area contributed by atoms with Gasteiger partial charge in [0.2, 0.25) is 5.91 Å². The van der Waals surface area contributed by atoms with Crippen molar-refractivity contribution in [3.63, 3.8) is 0 Å². The highest BCUT2D eigenvalue weighted by atomic mass is 19.4. The molecule has 0 saturated carbocycles. The molecule has 0 aliphatic carbocycles. The maximum Gasteiger partial charge on any atom is 0.416 e. The van der Waals surface area contributed by atoms with Crippen molar-refractivity contribution in [2.45, 2.75) is 51.1 Å². The highest BCUT2D eigenvalue weighted by Crippen LogP contribution is 2.42. The van der Waals surface area contributed by atoms with Crippen LogP contribution < -0.4 is 10.6 Å². The Morgan fingerprint density at radius 1 is 1.26 bits per heavy atom. The summed E-state index contributed by atoms with van der Waals surface area (Å²) in [6, 6.07) is 2.10. The fourth-order valence-electron chi connectivity index (χ4n) is 4.98. The average Bonchev–Trinajstić information content (AvgIpc) is 3.43. The Labute approximate surface area is 201 Å². The predicted octanol–water partition coefficient (Wildman–Crippen LogP) is 2.82. The summed E-state index contributed by atoms with van der Waals surface area (Å²) >= 11 is 0. The minimum atomic E-state index is -4.67. The van der Waals surface area contributed by atoms with Gasteiger partial charge in [-0.2, -0.15) is 13.2 Å². The molecule has 1 aromatic carbocycles. The normalized spacial score (nSPS) is 23.6. The van der Waals surface area contributed by atoms with Crippen molar-refractivity contribution in [3.05, 3.63) is 46.7 Å². The number of ether oxygens (including phenoxy) is 1. The van der Waals surface area contributed by atoms with Crippen molar-refractivity contribution in [1.29, 1.82) is 0 Å². The van der Waals surface area contributed by atoms with Gasteiger partial charge in [0.05, 0.1) is 35.5 Å². The largest absolute Gasteiger partial charge is 0.416 e. The summed E-state index contributed by atoms with van der Waals surface area (Å²) in [6.07, 6.45) is -2.99. The van der Waals surface area contributed by atoms with E-state index in [9.17, 15) is 27.6 Å². The van der Waals surface area contributed by atoms with Gasteiger partial charge in [-0.25, -0.2) is 4.79 Å². The van der Waals surface area contributed by atoms with Gasteiger partial charge in [-0.3, -0.25) is 14.5 Å². The van der Waals surface area contributed by atoms with Crippen molar-refractivity contribution in [1.82, 2.24) is 20.4 Å². The molecule has 35 heavy (non-hydrogen) atoms. The first kappa shape index (κ1) is 25.0. The fourth-order valence-corrected chi connectivity index (χ4v) is 4.98. The van der Waals surface area contributed by atoms with Gasteiger partial charge in [-0.15, -0.1) is 0 Å². The fraction of sp³-hybridized carbons (Fsp3) is 0.542. The predicted molar refractivity (Wildman–Crippen MR) is 120 cm³/mol. The number of benzene rings is 1. The van der Waals surface area contributed by atoms with Crippen LogP contribution in [-0.4, -0.2) is 66.5 Å². The zero-order chi connectivity index (χ0) is 25.5. The van der Waals surface area contributed by atoms with Gasteiger partial charge in [0.25, 0.3) is 5.91 Å². The van der Waals surface area contributed by atoms with Crippen LogP contribution in [-0.2, 0) is 20.5 Å². The molecule has 0 bridgehead atoms. The number of nitrogens with one attached hydrogen (secondary N) is 2. The van der Waals surface area contributed by atoms with Crippen LogP contribution >= 0.6 is 0 Å². The van der Waals surface area contributed by atoms with E-state index in [1.807, 2.05) is 0 Å². The molecule has 4 amide bonds. The summed E-state index contributed by atoms with van der Waals surface area (Å²) in [4.78, 5) is 42.0. The van der Waals surface area contributed by atoms with Gasteiger partial charge in [0.1, 0.15) is 6.04 Å². The van der Waals surface area contributed by atoms with Crippen molar-refractivity contribution >= 4 is 17.8 Å². The maximum absolute atomic E-state index is 13.7. The second kappa shape index (κ2) is 9.52. The first-order valence-corrected chi connectivity index (χ1v) is 11.6. The number of amides is 4. The standard InChI is InChI=1S/C24H29F3N4O4/c1-13(2)20(21(32)28-11-14-7-6-10-35-14)31-12-17-18(22(31)33)19(29-23(34)30(17)3)15-8-4-5-9-16(15)24(25,26)27/h4-5,8-9,13-14,19-20H,6-7,10-12H2,1-3H3,(H,28,32)(H,29,34)/t14-,19-,20+/m0/s1. The Hall–Kier alpha value is -3.08. The van der Waals surface area contributed by atoms with Crippen LogP contribution in [0.15, 0.2) is 35.5 Å². The lowest BCUT2D eigenvalue weighted by molar-refractivity contribution is -0.139. The molecular weight excluding hydrogens is 465 g/mol. The monoisotopic (exact) mass is 494 g/mol. The van der Waals surface area contributed by atoms with Gasteiger partial charge in [0, 0.05) is 20.2 Å². The molecule has 0 unspecified atom stereocenters. The van der Waals surface area contributed by atoms with E-state index >= 15 is 0 Å². The van der Waals surface area contributed by atoms with Gasteiger partial charge in [-0.1, -0.05) is 32.0 Å². The summed E-state index contributed by atoms with van der Waals surface area (Å²) in [5.41, 5.74) is -0.810. The van der Waals surface area contributed by atoms with Crippen molar-refractivity contribution < 1.29 is 32.3 Å². The Morgan fingerprint density at radius 3 is 2.60 bits per heavy atom. The molecule has 1 saturated heterocycles. The number of urea groups is 1. The molecule has 2 N–H and O–H groups in total. The van der Waals surface area contributed by atoms with Crippen LogP contribution in [0.5, 0.6) is 0 Å². The molecular formula is C24H29F3N4O4. The molecule has 3 atom stereocenters. The zero-order valence-corrected chi connectivity index (χ0v) is 19.8. The van der Waals surface area contributed by atoms with E-state index in [0.717, 1.165) is 18.9 Å². The summed E-state index contributed by atoms with van der Waals surface area (Å²) < 4.78 is 46.8. The third-order valence-electron chi connectivity index (χ3n) is 6.73. The highest BCUT2D eigenvalue weighted by Gasteiger charge is 2.48. The number of carbonyl (C=O) groups excluding carboxylic acids is 3. The quantitative estimate of drug-likeness (QED) is 0.637. The lowest BCUT2D eigenvalue weighted by Gasteiger charge is -2.32. The molecule has 3 aliphatic heterocycles. The first-order chi connectivity index (χ1) is 16.5. The zero-order valence-electron chi connectivity index (χ0n) is 19.8. The number of rotatable bonds is 6. The van der Waals surface area contributed by atoms with E-state index in [1.54, 1.807) is 13.8 Å². The number of hydrogen-bond acceptors (Lipinski definition) is 4. The molecule has 3 heterocycles. The van der Waals surface area contributed by atoms with Crippen LogP contribution in [0.25, 0.3) is 0 Å². The van der Waals surface area contributed by atoms with Gasteiger partial charge >= 0.3 is 12.2 Å². The molecule has 0 radical (unpaired) electrons. The minimum Gasteiger partial charge on any atom is -0.376 e. The third-order valence-corrected chi connectivity index (χ3v) is 6.73. The number of alkyl halides is 3. The molecule has 4 rings (SSSR count). The minimum absolute atomic E-state index is 0.0429. The van der Waals surface area contributed by atoms with Gasteiger partial charge < -0.3 is 20.3 Å². The van der Waals surface area contributed by atoms with Crippen molar-refractivity contribution in [2.75, 3.05) is 26.7 Å². The lowest BCUT2D eigenvalue weighted by Crippen LogP contribution is -2.52. The number of likely N-dealkylation sites (N-methyl/N-ethyl adjacent to an activating group) is 1. The van der Waals surface area contributed by atoms with Crippen LogP contribution in [0.3, 0.4) is 0 Å². The second-order valence-electron chi connectivity index (χ2n) is 9.39. The van der Waals surface area contributed by atoms with E-state index in [4.69, 9.17) is 4.74 Å². The van der Waals surface area contributed by atoms with Crippen LogP contribution in [0.2, 0.25) is 0 Å². The number of carbonyl (C=O) groups is 3. The molecule has 8 nitrogen and oxygen atoms in total. The molecule has 0 aromatic heterocycles. The van der Waals surface area contributed by atoms with Crippen LogP contribution in [0.4, 0.5) is 18.0 Å². The van der Waals surface area contributed by atoms with E-state index < -0.39 is 35.8 Å². The first-order valence-electron chi connectivity index (χ1n) is 11.6. The molecule has 0 spiro atoms. The Kier molecular flexibility index (Phi) is 6.81. The number of hydrogen-bond donors (Lipinski definition) is 2. The molecule has 3 aliphatic rings. The Bertz CT molecular complexity index is 1050. The van der Waals surface area contributed by atoms with Crippen LogP contribution in [0.1, 0.15) is 43.9 Å². The smallest absolute Gasteiger partial charge is 0.376 e. The van der Waals surface area contributed by atoms with E-state index in [1.165, 1.54) is 35.0 Å². The molecule has 190 valence electrons. The molecule has 1 aromatic rings. The topological polar surface area (TPSA) is 91.0 Å². The summed E-state index contributed by atoms with van der Waals surface area (Å²) in [5, 5.41) is 5.40. The number of nitrogens with zero attached hydrogens (tertiary/aromatic N) is 2. The Balaban J connectivity index is 1.65. The van der Waals surface area contributed by atoms with E-state index in [-0.39, 0.29) is 35.6 Å². The highest BCUT2D eigenvalue weighted by molar-refractivity contribution is 6.03. The summed E-state index contributed by atoms with van der Waals surface area (Å²) in [6.45, 7) is 4.50. The third kappa shape index (κ3) is 4.73. The second-order valence-corrected chi connectivity index (χ2v) is 9.39. The number of halogens is 3. The van der Waals surface area contributed by atoms with E-state index in [2.05, 4.69) is 10.6 Å². The van der Waals surface area contributed by atoms with Crippen molar-refractivity contribution in [3.8, 4) is 0 Å². The summed E-state index contributed by atoms with van der Waals surface area (Å²) in [7, 11) is 1.45. The average molecular weight is 495 g/mol. The Morgan fingerprint density at radius 2 is 1.97 bits per heavy atom. The molecule has 1 fully saturated rings. The van der Waals surface area contributed by atoms with Crippen LogP contribution in [0, 0.1) is 5.92 Å². The maximum atomic E-state index is 13.7. The SMILES string of the molecule is CC(C)[C@H](C(=O)NC[C@@H]1CCCO1)N1CC2=C(C1=O)[C@H](c1ccccc1C(F)(F)F)NC(=O)N2C. The molecule has 11 heteroatoms. The van der Waals surface area contributed by atoms with Crippen molar-refractivity contribution in [2.24, 2.45) is 5.92 Å². The van der Waals surface area contributed by atoms with Gasteiger partial charge in [-0.05, 0) is 30.4 Å². The lowest BCUT2D eigenvalue weighted by atomic mass is 9.91.